The first kappa shape index (κ1) is 15.1. The Morgan fingerprint density at radius 2 is 1.35 bits per heavy atom. The van der Waals surface area contributed by atoms with E-state index in [9.17, 15) is 0 Å². The van der Waals surface area contributed by atoms with Crippen molar-refractivity contribution in [2.45, 2.75) is 32.7 Å². The summed E-state index contributed by atoms with van der Waals surface area (Å²) in [6.07, 6.45) is 0.993. The van der Waals surface area contributed by atoms with Gasteiger partial charge in [0, 0.05) is 13.3 Å². The van der Waals surface area contributed by atoms with Gasteiger partial charge in [0.25, 0.3) is 0 Å². The minimum absolute atomic E-state index is 0.993. The van der Waals surface area contributed by atoms with E-state index in [1.807, 2.05) is 0 Å². The second-order valence-corrected chi connectivity index (χ2v) is 42.4. The Labute approximate surface area is 110 Å². The Hall–Kier alpha value is 0.0475. The highest BCUT2D eigenvalue weighted by Gasteiger charge is 2.66. The van der Waals surface area contributed by atoms with Gasteiger partial charge in [-0.2, -0.15) is 0 Å². The largest absolute Gasteiger partial charge is 0.415 e. The Kier molecular flexibility index (Phi) is 3.83. The summed E-state index contributed by atoms with van der Waals surface area (Å²) in [4.78, 5) is 0. The van der Waals surface area contributed by atoms with Crippen LogP contribution in [0.25, 0.3) is 0 Å². The van der Waals surface area contributed by atoms with Crippen molar-refractivity contribution in [2.75, 3.05) is 6.23 Å². The molecule has 0 bridgehead atoms. The van der Waals surface area contributed by atoms with Crippen LogP contribution < -0.4 is 0 Å². The summed E-state index contributed by atoms with van der Waals surface area (Å²) in [7, 11) is -6.12. The van der Waals surface area contributed by atoms with E-state index in [1.165, 1.54) is 0 Å². The fourth-order valence-corrected chi connectivity index (χ4v) is 65.8. The fraction of sp³-hybridized carbons (Fsp3) is 0.500. The first-order valence-corrected chi connectivity index (χ1v) is 20.0. The van der Waals surface area contributed by atoms with Crippen LogP contribution in [-0.2, 0) is 4.43 Å². The third-order valence-corrected chi connectivity index (χ3v) is 65.2. The summed E-state index contributed by atoms with van der Waals surface area (Å²) in [5, 5.41) is 0. The summed E-state index contributed by atoms with van der Waals surface area (Å²) in [6, 6.07) is 0. The van der Waals surface area contributed by atoms with Crippen LogP contribution >= 0.6 is 0 Å². The topological polar surface area (TPSA) is 9.23 Å². The maximum Gasteiger partial charge on any atom is 0.226 e. The van der Waals surface area contributed by atoms with Crippen molar-refractivity contribution >= 4 is 29.6 Å². The molecular weight excluding hydrogens is 272 g/mol. The SMILES string of the molecule is C=C[Si]1(C=C)OC[Si](C)(C)[Si](C)(C)[Si]1(C)C=C. The van der Waals surface area contributed by atoms with Crippen molar-refractivity contribution in [3.63, 3.8) is 0 Å². The minimum atomic E-state index is -1.96. The van der Waals surface area contributed by atoms with E-state index >= 15 is 0 Å². The smallest absolute Gasteiger partial charge is 0.226 e. The molecule has 1 fully saturated rings. The summed E-state index contributed by atoms with van der Waals surface area (Å²) >= 11 is 0. The van der Waals surface area contributed by atoms with Gasteiger partial charge in [-0.3, -0.25) is 0 Å². The maximum atomic E-state index is 6.41. The van der Waals surface area contributed by atoms with E-state index in [0.717, 1.165) is 6.23 Å². The second-order valence-electron chi connectivity index (χ2n) is 6.41. The van der Waals surface area contributed by atoms with Gasteiger partial charge in [-0.1, -0.05) is 44.1 Å². The predicted molar refractivity (Wildman–Crippen MR) is 88.9 cm³/mol. The Bertz CT molecular complexity index is 354. The van der Waals surface area contributed by atoms with Crippen LogP contribution in [0.15, 0.2) is 36.8 Å². The lowest BCUT2D eigenvalue weighted by molar-refractivity contribution is 0.389. The van der Waals surface area contributed by atoms with Gasteiger partial charge in [-0.25, -0.2) is 0 Å². The summed E-state index contributed by atoms with van der Waals surface area (Å²) in [5.41, 5.74) is 6.53. The zero-order valence-corrected chi connectivity index (χ0v) is 16.0. The van der Waals surface area contributed by atoms with Crippen molar-refractivity contribution in [1.29, 1.82) is 0 Å². The lowest BCUT2D eigenvalue weighted by Crippen LogP contribution is -2.86. The van der Waals surface area contributed by atoms with Gasteiger partial charge < -0.3 is 4.43 Å². The molecule has 0 amide bonds. The third-order valence-electron chi connectivity index (χ3n) is 5.49. The maximum absolute atomic E-state index is 6.41. The van der Waals surface area contributed by atoms with E-state index in [4.69, 9.17) is 4.43 Å². The average Bonchev–Trinajstić information content (AvgIpc) is 2.28. The molecule has 17 heavy (non-hydrogen) atoms. The van der Waals surface area contributed by atoms with Crippen LogP contribution in [-0.4, -0.2) is 35.9 Å². The van der Waals surface area contributed by atoms with E-state index in [-0.39, 0.29) is 0 Å². The minimum Gasteiger partial charge on any atom is -0.415 e. The quantitative estimate of drug-likeness (QED) is 0.726. The van der Waals surface area contributed by atoms with Gasteiger partial charge in [0.2, 0.25) is 7.83 Å². The molecule has 0 N–H and O–H groups in total. The fourth-order valence-electron chi connectivity index (χ4n) is 2.86. The molecule has 1 aliphatic rings. The zero-order valence-electron chi connectivity index (χ0n) is 12.0. The lowest BCUT2D eigenvalue weighted by atomic mass is 11.2. The number of hydrogen-bond acceptors (Lipinski definition) is 1. The molecule has 1 atom stereocenters. The summed E-state index contributed by atoms with van der Waals surface area (Å²) in [6.45, 7) is 25.0. The molecular formula is C12H26OSi4. The lowest BCUT2D eigenvalue weighted by Gasteiger charge is -2.59. The van der Waals surface area contributed by atoms with Crippen LogP contribution in [0.5, 0.6) is 0 Å². The zero-order chi connectivity index (χ0) is 13.5. The average molecular weight is 299 g/mol. The highest BCUT2D eigenvalue weighted by atomic mass is 29.8. The molecule has 1 aliphatic heterocycles. The molecule has 1 nitrogen and oxygen atoms in total. The van der Waals surface area contributed by atoms with Crippen molar-refractivity contribution < 1.29 is 4.43 Å². The third kappa shape index (κ3) is 1.71. The monoisotopic (exact) mass is 298 g/mol. The summed E-state index contributed by atoms with van der Waals surface area (Å²) < 4.78 is 6.41. The van der Waals surface area contributed by atoms with Gasteiger partial charge >= 0.3 is 0 Å². The van der Waals surface area contributed by atoms with Gasteiger partial charge in [-0.15, -0.1) is 25.4 Å². The Morgan fingerprint density at radius 3 is 1.71 bits per heavy atom. The molecule has 0 radical (unpaired) electrons. The standard InChI is InChI=1S/C12H26OSi4/c1-9-16(8)15(6,7)14(4,5)12-13-17(16,10-2)11-3/h9-11H,1-3,12H2,4-8H3. The first-order chi connectivity index (χ1) is 7.64. The molecule has 0 spiro atoms. The van der Waals surface area contributed by atoms with Gasteiger partial charge in [0.1, 0.15) is 0 Å². The van der Waals surface area contributed by atoms with Gasteiger partial charge in [0.15, 0.2) is 0 Å². The summed E-state index contributed by atoms with van der Waals surface area (Å²) in [5.74, 6) is 0. The molecule has 0 aromatic carbocycles. The normalized spacial score (nSPS) is 33.7. The van der Waals surface area contributed by atoms with E-state index < -0.39 is 29.6 Å². The van der Waals surface area contributed by atoms with Crippen molar-refractivity contribution in [2.24, 2.45) is 0 Å². The molecule has 1 unspecified atom stereocenters. The highest BCUT2D eigenvalue weighted by molar-refractivity contribution is 7.85. The Morgan fingerprint density at radius 1 is 0.882 bits per heavy atom. The molecule has 1 heterocycles. The number of hydrogen-bond donors (Lipinski definition) is 0. The molecule has 0 aromatic heterocycles. The van der Waals surface area contributed by atoms with E-state index in [0.29, 0.717) is 0 Å². The predicted octanol–water partition coefficient (Wildman–Crippen LogP) is 3.41. The van der Waals surface area contributed by atoms with E-state index in [2.05, 4.69) is 69.6 Å². The van der Waals surface area contributed by atoms with Crippen LogP contribution in [0.4, 0.5) is 0 Å². The molecule has 0 aliphatic carbocycles. The molecule has 0 aromatic rings. The van der Waals surface area contributed by atoms with Crippen LogP contribution in [0.2, 0.25) is 32.7 Å². The highest BCUT2D eigenvalue weighted by Crippen LogP contribution is 2.41. The van der Waals surface area contributed by atoms with Gasteiger partial charge in [-0.05, 0) is 0 Å². The molecule has 0 saturated carbocycles. The molecule has 1 saturated heterocycles. The van der Waals surface area contributed by atoms with Gasteiger partial charge in [0.05, 0.1) is 14.7 Å². The van der Waals surface area contributed by atoms with Crippen LogP contribution in [0.3, 0.4) is 0 Å². The van der Waals surface area contributed by atoms with Crippen molar-refractivity contribution in [1.82, 2.24) is 0 Å². The van der Waals surface area contributed by atoms with Crippen molar-refractivity contribution in [3.8, 4) is 0 Å². The Balaban J connectivity index is 3.50. The molecule has 5 heteroatoms. The first-order valence-electron chi connectivity index (χ1n) is 6.19. The van der Waals surface area contributed by atoms with Crippen molar-refractivity contribution in [3.05, 3.63) is 36.8 Å². The second kappa shape index (κ2) is 4.31. The molecule has 96 valence electrons. The van der Waals surface area contributed by atoms with E-state index in [1.54, 1.807) is 0 Å². The van der Waals surface area contributed by atoms with Crippen LogP contribution in [0, 0.1) is 0 Å². The molecule has 1 rings (SSSR count). The van der Waals surface area contributed by atoms with Crippen LogP contribution in [0.1, 0.15) is 0 Å². The number of rotatable bonds is 3.